The molecular formula is C14H19BrN2O4. The summed E-state index contributed by atoms with van der Waals surface area (Å²) < 4.78 is 5.87. The quantitative estimate of drug-likeness (QED) is 0.599. The Morgan fingerprint density at radius 1 is 1.48 bits per heavy atom. The molecule has 1 aromatic rings. The normalized spacial score (nSPS) is 12.2. The SMILES string of the molecule is CCOCC(NC(=O)c1cc([N+](=O)[O-])ccc1Br)C(C)C. The maximum atomic E-state index is 12.3. The van der Waals surface area contributed by atoms with Gasteiger partial charge < -0.3 is 10.1 Å². The number of nitro groups is 1. The molecule has 0 heterocycles. The third-order valence-corrected chi connectivity index (χ3v) is 3.72. The molecule has 0 spiro atoms. The maximum Gasteiger partial charge on any atom is 0.270 e. The van der Waals surface area contributed by atoms with Crippen molar-refractivity contribution in [1.29, 1.82) is 0 Å². The molecule has 0 saturated carbocycles. The van der Waals surface area contributed by atoms with Gasteiger partial charge >= 0.3 is 0 Å². The first-order valence-electron chi connectivity index (χ1n) is 6.69. The number of hydrogen-bond donors (Lipinski definition) is 1. The minimum absolute atomic E-state index is 0.116. The summed E-state index contributed by atoms with van der Waals surface area (Å²) in [5.74, 6) is -0.165. The summed E-state index contributed by atoms with van der Waals surface area (Å²) in [6.45, 7) is 6.82. The summed E-state index contributed by atoms with van der Waals surface area (Å²) >= 11 is 3.25. The van der Waals surface area contributed by atoms with Gasteiger partial charge in [0.15, 0.2) is 0 Å². The number of nitrogens with one attached hydrogen (secondary N) is 1. The Balaban J connectivity index is 2.91. The molecule has 0 aliphatic carbocycles. The van der Waals surface area contributed by atoms with Gasteiger partial charge in [-0.2, -0.15) is 0 Å². The summed E-state index contributed by atoms with van der Waals surface area (Å²) in [6, 6.07) is 3.96. The molecule has 6 nitrogen and oxygen atoms in total. The van der Waals surface area contributed by atoms with Crippen LogP contribution < -0.4 is 5.32 Å². The summed E-state index contributed by atoms with van der Waals surface area (Å²) in [7, 11) is 0. The Hall–Kier alpha value is -1.47. The van der Waals surface area contributed by atoms with E-state index in [4.69, 9.17) is 4.74 Å². The summed E-state index contributed by atoms with van der Waals surface area (Å²) in [4.78, 5) is 22.6. The third kappa shape index (κ3) is 5.09. The van der Waals surface area contributed by atoms with E-state index >= 15 is 0 Å². The molecule has 1 amide bonds. The number of benzene rings is 1. The van der Waals surface area contributed by atoms with Gasteiger partial charge in [0.2, 0.25) is 0 Å². The van der Waals surface area contributed by atoms with Crippen molar-refractivity contribution in [3.05, 3.63) is 38.3 Å². The first-order chi connectivity index (χ1) is 9.86. The molecule has 0 saturated heterocycles. The van der Waals surface area contributed by atoms with Crippen molar-refractivity contribution >= 4 is 27.5 Å². The first kappa shape index (κ1) is 17.6. The minimum atomic E-state index is -0.524. The molecule has 1 aromatic carbocycles. The van der Waals surface area contributed by atoms with Crippen molar-refractivity contribution in [3.63, 3.8) is 0 Å². The lowest BCUT2D eigenvalue weighted by Crippen LogP contribution is -2.42. The molecular weight excluding hydrogens is 340 g/mol. The van der Waals surface area contributed by atoms with Crippen LogP contribution >= 0.6 is 15.9 Å². The molecule has 1 N–H and O–H groups in total. The third-order valence-electron chi connectivity index (χ3n) is 3.03. The van der Waals surface area contributed by atoms with E-state index in [1.54, 1.807) is 0 Å². The summed E-state index contributed by atoms with van der Waals surface area (Å²) in [5, 5.41) is 13.7. The lowest BCUT2D eigenvalue weighted by molar-refractivity contribution is -0.384. The average Bonchev–Trinajstić information content (AvgIpc) is 2.42. The number of amides is 1. The highest BCUT2D eigenvalue weighted by Crippen LogP contribution is 2.22. The predicted octanol–water partition coefficient (Wildman–Crippen LogP) is 3.15. The van der Waals surface area contributed by atoms with Crippen LogP contribution in [0.4, 0.5) is 5.69 Å². The molecule has 0 radical (unpaired) electrons. The van der Waals surface area contributed by atoms with E-state index < -0.39 is 4.92 Å². The van der Waals surface area contributed by atoms with Gasteiger partial charge in [-0.1, -0.05) is 13.8 Å². The van der Waals surface area contributed by atoms with E-state index in [-0.39, 0.29) is 29.1 Å². The second-order valence-corrected chi connectivity index (χ2v) is 5.76. The zero-order chi connectivity index (χ0) is 16.0. The maximum absolute atomic E-state index is 12.3. The van der Waals surface area contributed by atoms with E-state index in [2.05, 4.69) is 21.2 Å². The standard InChI is InChI=1S/C14H19BrN2O4/c1-4-21-8-13(9(2)3)16-14(18)11-7-10(17(19)20)5-6-12(11)15/h5-7,9,13H,4,8H2,1-3H3,(H,16,18). The summed E-state index contributed by atoms with van der Waals surface area (Å²) in [6.07, 6.45) is 0. The second-order valence-electron chi connectivity index (χ2n) is 4.90. The predicted molar refractivity (Wildman–Crippen MR) is 83.4 cm³/mol. The highest BCUT2D eigenvalue weighted by atomic mass is 79.9. The number of non-ortho nitro benzene ring substituents is 1. The van der Waals surface area contributed by atoms with Crippen molar-refractivity contribution in [2.24, 2.45) is 5.92 Å². The van der Waals surface area contributed by atoms with Gasteiger partial charge in [-0.05, 0) is 34.8 Å². The van der Waals surface area contributed by atoms with E-state index in [0.29, 0.717) is 17.7 Å². The number of rotatable bonds is 7. The highest BCUT2D eigenvalue weighted by Gasteiger charge is 2.20. The van der Waals surface area contributed by atoms with Gasteiger partial charge in [0.05, 0.1) is 23.1 Å². The molecule has 1 rings (SSSR count). The fourth-order valence-electron chi connectivity index (χ4n) is 1.69. The second kappa shape index (κ2) is 8.09. The van der Waals surface area contributed by atoms with Crippen LogP contribution in [0.15, 0.2) is 22.7 Å². The molecule has 7 heteroatoms. The van der Waals surface area contributed by atoms with Crippen LogP contribution in [0.3, 0.4) is 0 Å². The molecule has 0 aliphatic rings. The zero-order valence-electron chi connectivity index (χ0n) is 12.3. The minimum Gasteiger partial charge on any atom is -0.380 e. The fourth-order valence-corrected chi connectivity index (χ4v) is 2.12. The Labute approximate surface area is 132 Å². The Morgan fingerprint density at radius 3 is 2.67 bits per heavy atom. The fraction of sp³-hybridized carbons (Fsp3) is 0.500. The van der Waals surface area contributed by atoms with E-state index in [0.717, 1.165) is 0 Å². The van der Waals surface area contributed by atoms with Crippen LogP contribution in [0.25, 0.3) is 0 Å². The van der Waals surface area contributed by atoms with E-state index in [1.165, 1.54) is 18.2 Å². The smallest absolute Gasteiger partial charge is 0.270 e. The number of carbonyl (C=O) groups excluding carboxylic acids is 1. The topological polar surface area (TPSA) is 81.5 Å². The van der Waals surface area contributed by atoms with Crippen molar-refractivity contribution < 1.29 is 14.5 Å². The number of halogens is 1. The number of hydrogen-bond acceptors (Lipinski definition) is 4. The van der Waals surface area contributed by atoms with Gasteiger partial charge in [0.1, 0.15) is 0 Å². The lowest BCUT2D eigenvalue weighted by atomic mass is 10.0. The monoisotopic (exact) mass is 358 g/mol. The van der Waals surface area contributed by atoms with Crippen LogP contribution in [-0.2, 0) is 4.74 Å². The Bertz CT molecular complexity index is 520. The summed E-state index contributed by atoms with van der Waals surface area (Å²) in [5.41, 5.74) is 0.126. The number of nitrogens with zero attached hydrogens (tertiary/aromatic N) is 1. The first-order valence-corrected chi connectivity index (χ1v) is 7.48. The largest absolute Gasteiger partial charge is 0.380 e. The van der Waals surface area contributed by atoms with Crippen LogP contribution in [0, 0.1) is 16.0 Å². The molecule has 0 bridgehead atoms. The molecule has 21 heavy (non-hydrogen) atoms. The van der Waals surface area contributed by atoms with Gasteiger partial charge in [-0.15, -0.1) is 0 Å². The number of carbonyl (C=O) groups is 1. The van der Waals surface area contributed by atoms with Crippen LogP contribution in [0.2, 0.25) is 0 Å². The van der Waals surface area contributed by atoms with Crippen LogP contribution in [0.5, 0.6) is 0 Å². The molecule has 1 unspecified atom stereocenters. The van der Waals surface area contributed by atoms with Gasteiger partial charge in [0.25, 0.3) is 11.6 Å². The van der Waals surface area contributed by atoms with E-state index in [9.17, 15) is 14.9 Å². The Kier molecular flexibility index (Phi) is 6.77. The molecule has 0 aromatic heterocycles. The molecule has 116 valence electrons. The zero-order valence-corrected chi connectivity index (χ0v) is 13.8. The van der Waals surface area contributed by atoms with Crippen molar-refractivity contribution in [2.75, 3.05) is 13.2 Å². The average molecular weight is 359 g/mol. The van der Waals surface area contributed by atoms with Crippen LogP contribution in [-0.4, -0.2) is 30.1 Å². The van der Waals surface area contributed by atoms with Gasteiger partial charge in [-0.3, -0.25) is 14.9 Å². The molecule has 1 atom stereocenters. The van der Waals surface area contributed by atoms with Gasteiger partial charge in [0, 0.05) is 23.2 Å². The van der Waals surface area contributed by atoms with E-state index in [1.807, 2.05) is 20.8 Å². The molecule has 0 fully saturated rings. The lowest BCUT2D eigenvalue weighted by Gasteiger charge is -2.22. The van der Waals surface area contributed by atoms with Crippen molar-refractivity contribution in [1.82, 2.24) is 5.32 Å². The number of ether oxygens (including phenoxy) is 1. The van der Waals surface area contributed by atoms with Crippen molar-refractivity contribution in [2.45, 2.75) is 26.8 Å². The van der Waals surface area contributed by atoms with Crippen LogP contribution in [0.1, 0.15) is 31.1 Å². The van der Waals surface area contributed by atoms with Crippen molar-refractivity contribution in [3.8, 4) is 0 Å². The Morgan fingerprint density at radius 2 is 2.14 bits per heavy atom. The number of nitro benzene ring substituents is 1. The van der Waals surface area contributed by atoms with Gasteiger partial charge in [-0.25, -0.2) is 0 Å². The highest BCUT2D eigenvalue weighted by molar-refractivity contribution is 9.10. The molecule has 0 aliphatic heterocycles.